The van der Waals surface area contributed by atoms with Crippen molar-refractivity contribution >= 4 is 29.1 Å². The van der Waals surface area contributed by atoms with E-state index in [2.05, 4.69) is 12.7 Å². The molecule has 0 aromatic heterocycles. The third-order valence-corrected chi connectivity index (χ3v) is 12.2. The molecule has 1 aliphatic heterocycles. The number of hydrogen-bond donors (Lipinski definition) is 3. The minimum absolute atomic E-state index is 0.0101. The van der Waals surface area contributed by atoms with E-state index in [1.807, 2.05) is 26.8 Å². The fourth-order valence-electron chi connectivity index (χ4n) is 9.42. The maximum Gasteiger partial charge on any atom is 0.273 e. The summed E-state index contributed by atoms with van der Waals surface area (Å²) in [7, 11) is 0. The molecule has 17 heteroatoms. The quantitative estimate of drug-likeness (QED) is 0.0253. The number of nitro benzene ring substituents is 2. The van der Waals surface area contributed by atoms with E-state index in [-0.39, 0.29) is 87.5 Å². The maximum absolute atomic E-state index is 14.9. The molecule has 360 valence electrons. The van der Waals surface area contributed by atoms with Crippen LogP contribution in [0.5, 0.6) is 17.2 Å². The summed E-state index contributed by atoms with van der Waals surface area (Å²) in [5, 5.41) is 57.5. The van der Waals surface area contributed by atoms with Gasteiger partial charge in [-0.2, -0.15) is 0 Å². The average Bonchev–Trinajstić information content (AvgIpc) is 3.30. The summed E-state index contributed by atoms with van der Waals surface area (Å²) in [6.07, 6.45) is 11.0. The molecule has 1 saturated carbocycles. The number of carbonyl (C=O) groups is 1. The van der Waals surface area contributed by atoms with E-state index in [4.69, 9.17) is 28.9 Å². The lowest BCUT2D eigenvalue weighted by atomic mass is 9.55. The SMILES string of the molecule is C=CCO[C@@]12Oc3ccc(Oc4cccc([N+](=O)[O-])c4)cc3[C@H]3[C@H](CCCCO)[C@@H](CCCCO)C=C(C(=NOC(C)(C)C)C[C@@H]1N(CCOCCO)C(=O)C=Cc1ccc([N+](=O)[O-])cc1)[C@H]32. The number of amides is 1. The molecule has 0 unspecified atom stereocenters. The van der Waals surface area contributed by atoms with Crippen LogP contribution in [0.4, 0.5) is 11.4 Å². The summed E-state index contributed by atoms with van der Waals surface area (Å²) in [5.41, 5.74) is 1.83. The monoisotopic (exact) mass is 926 g/mol. The number of benzene rings is 3. The molecule has 0 bridgehead atoms. The van der Waals surface area contributed by atoms with Gasteiger partial charge in [0.15, 0.2) is 0 Å². The van der Waals surface area contributed by atoms with E-state index in [1.165, 1.54) is 30.3 Å². The van der Waals surface area contributed by atoms with Crippen LogP contribution in [0, 0.1) is 38.0 Å². The highest BCUT2D eigenvalue weighted by atomic mass is 16.7. The zero-order valence-corrected chi connectivity index (χ0v) is 38.4. The van der Waals surface area contributed by atoms with E-state index < -0.39 is 39.1 Å². The molecule has 1 amide bonds. The first kappa shape index (κ1) is 50.4. The second-order valence-electron chi connectivity index (χ2n) is 17.9. The standard InChI is InChI=1S/C50H62N4O13/c1-5-27-64-50-45(52(23-28-63-29-26-57)46(58)22-17-34-15-18-36(19-16-34)53(59)60)33-43(51-67-49(2,3)4)41-30-35(11-6-8-24-55)40(14-7-9-25-56)47(48(41)50)42-32-39(20-21-44(42)66-50)65-38-13-10-12-37(31-38)54(61)62/h5,10,12-13,15-22,30-32,35,40,45,47-48,55-57H,1,6-9,11,14,23-29,33H2,2-4H3/t35-,40+,45-,47+,48+,50+/m0/s1. The molecular formula is C50H62N4O13. The van der Waals surface area contributed by atoms with Crippen molar-refractivity contribution in [2.45, 2.75) is 89.1 Å². The molecule has 3 N–H and O–H groups in total. The van der Waals surface area contributed by atoms with E-state index in [9.17, 15) is 40.3 Å². The van der Waals surface area contributed by atoms with Gasteiger partial charge in [0, 0.05) is 61.9 Å². The molecular weight excluding hydrogens is 865 g/mol. The number of nitrogens with zero attached hydrogens (tertiary/aromatic N) is 4. The van der Waals surface area contributed by atoms with Crippen molar-refractivity contribution in [2.24, 2.45) is 22.9 Å². The van der Waals surface area contributed by atoms with Crippen LogP contribution in [0.2, 0.25) is 0 Å². The lowest BCUT2D eigenvalue weighted by Crippen LogP contribution is -2.70. The van der Waals surface area contributed by atoms with Gasteiger partial charge in [0.25, 0.3) is 11.4 Å². The maximum atomic E-state index is 14.9. The summed E-state index contributed by atoms with van der Waals surface area (Å²) in [5.74, 6) is -2.05. The summed E-state index contributed by atoms with van der Waals surface area (Å²) >= 11 is 0. The Kier molecular flexibility index (Phi) is 17.4. The highest BCUT2D eigenvalue weighted by Gasteiger charge is 2.65. The smallest absolute Gasteiger partial charge is 0.273 e. The minimum atomic E-state index is -1.60. The number of hydrogen-bond acceptors (Lipinski definition) is 14. The molecule has 6 atom stereocenters. The first-order chi connectivity index (χ1) is 32.2. The van der Waals surface area contributed by atoms with E-state index in [0.29, 0.717) is 48.5 Å². The number of fused-ring (bicyclic) bond motifs is 2. The summed E-state index contributed by atoms with van der Waals surface area (Å²) in [6.45, 7) is 9.62. The van der Waals surface area contributed by atoms with Crippen LogP contribution < -0.4 is 9.47 Å². The zero-order chi connectivity index (χ0) is 48.1. The predicted octanol–water partition coefficient (Wildman–Crippen LogP) is 8.28. The molecule has 0 saturated heterocycles. The van der Waals surface area contributed by atoms with Gasteiger partial charge in [-0.25, -0.2) is 0 Å². The number of aliphatic hydroxyl groups excluding tert-OH is 3. The Bertz CT molecular complexity index is 2290. The van der Waals surface area contributed by atoms with Gasteiger partial charge in [-0.1, -0.05) is 36.2 Å². The van der Waals surface area contributed by atoms with E-state index in [1.54, 1.807) is 53.5 Å². The fourth-order valence-corrected chi connectivity index (χ4v) is 9.42. The van der Waals surface area contributed by atoms with Gasteiger partial charge in [0.05, 0.1) is 54.0 Å². The summed E-state index contributed by atoms with van der Waals surface area (Å²) < 4.78 is 26.4. The number of ether oxygens (including phenoxy) is 4. The van der Waals surface area contributed by atoms with Gasteiger partial charge in [-0.3, -0.25) is 25.0 Å². The van der Waals surface area contributed by atoms with Gasteiger partial charge in [-0.15, -0.1) is 6.58 Å². The van der Waals surface area contributed by atoms with Crippen molar-refractivity contribution in [2.75, 3.05) is 46.2 Å². The van der Waals surface area contributed by atoms with Gasteiger partial charge in [0.2, 0.25) is 11.7 Å². The number of oxime groups is 1. The number of aliphatic hydroxyl groups is 3. The predicted molar refractivity (Wildman–Crippen MR) is 251 cm³/mol. The van der Waals surface area contributed by atoms with Crippen LogP contribution in [-0.4, -0.2) is 105 Å². The third kappa shape index (κ3) is 12.3. The van der Waals surface area contributed by atoms with Gasteiger partial charge in [0.1, 0.15) is 28.9 Å². The van der Waals surface area contributed by atoms with E-state index >= 15 is 0 Å². The number of unbranched alkanes of at least 4 members (excludes halogenated alkanes) is 2. The summed E-state index contributed by atoms with van der Waals surface area (Å²) in [6, 6.07) is 16.3. The van der Waals surface area contributed by atoms with Crippen molar-refractivity contribution in [1.29, 1.82) is 0 Å². The average molecular weight is 927 g/mol. The van der Waals surface area contributed by atoms with Crippen LogP contribution >= 0.6 is 0 Å². The number of non-ortho nitro benzene ring substituents is 2. The second kappa shape index (κ2) is 23.2. The van der Waals surface area contributed by atoms with E-state index in [0.717, 1.165) is 24.0 Å². The number of carbonyl (C=O) groups excluding carboxylic acids is 1. The fraction of sp³-hybridized carbons (Fsp3) is 0.480. The van der Waals surface area contributed by atoms with Crippen LogP contribution in [0.1, 0.15) is 82.8 Å². The molecule has 3 aromatic carbocycles. The van der Waals surface area contributed by atoms with Crippen LogP contribution in [-0.2, 0) is 19.1 Å². The number of allylic oxidation sites excluding steroid dienone is 1. The zero-order valence-electron chi connectivity index (χ0n) is 38.4. The summed E-state index contributed by atoms with van der Waals surface area (Å²) in [4.78, 5) is 44.8. The highest BCUT2D eigenvalue weighted by molar-refractivity contribution is 6.03. The van der Waals surface area contributed by atoms with Crippen molar-refractivity contribution in [3.8, 4) is 17.2 Å². The van der Waals surface area contributed by atoms with Crippen LogP contribution in [0.3, 0.4) is 0 Å². The lowest BCUT2D eigenvalue weighted by Gasteiger charge is -2.60. The lowest BCUT2D eigenvalue weighted by molar-refractivity contribution is -0.385. The Morgan fingerprint density at radius 2 is 1.64 bits per heavy atom. The Labute approximate surface area is 390 Å². The van der Waals surface area contributed by atoms with Crippen LogP contribution in [0.15, 0.2) is 102 Å². The molecule has 0 spiro atoms. The molecule has 3 aromatic rings. The number of rotatable bonds is 24. The van der Waals surface area contributed by atoms with Crippen molar-refractivity contribution < 1.29 is 53.7 Å². The molecule has 67 heavy (non-hydrogen) atoms. The highest BCUT2D eigenvalue weighted by Crippen LogP contribution is 2.62. The first-order valence-electron chi connectivity index (χ1n) is 22.8. The molecule has 1 heterocycles. The van der Waals surface area contributed by atoms with Gasteiger partial charge in [-0.05, 0) is 112 Å². The molecule has 2 aliphatic carbocycles. The minimum Gasteiger partial charge on any atom is -0.459 e. The third-order valence-electron chi connectivity index (χ3n) is 12.2. The molecule has 3 aliphatic rings. The topological polar surface area (TPSA) is 226 Å². The molecule has 6 rings (SSSR count). The van der Waals surface area contributed by atoms with Crippen molar-refractivity contribution in [3.05, 3.63) is 128 Å². The van der Waals surface area contributed by atoms with Gasteiger partial charge >= 0.3 is 0 Å². The second-order valence-corrected chi connectivity index (χ2v) is 17.9. The first-order valence-corrected chi connectivity index (χ1v) is 22.8. The molecule has 0 radical (unpaired) electrons. The Morgan fingerprint density at radius 1 is 0.925 bits per heavy atom. The Balaban J connectivity index is 1.59. The van der Waals surface area contributed by atoms with Crippen molar-refractivity contribution in [3.63, 3.8) is 0 Å². The van der Waals surface area contributed by atoms with Crippen molar-refractivity contribution in [1.82, 2.24) is 4.90 Å². The van der Waals surface area contributed by atoms with Crippen LogP contribution in [0.25, 0.3) is 6.08 Å². The molecule has 1 fully saturated rings. The Morgan fingerprint density at radius 3 is 2.31 bits per heavy atom. The Hall–Kier alpha value is -5.98. The number of nitro groups is 2. The normalized spacial score (nSPS) is 22.6. The van der Waals surface area contributed by atoms with Gasteiger partial charge < -0.3 is 44.0 Å². The molecule has 17 nitrogen and oxygen atoms in total. The largest absolute Gasteiger partial charge is 0.459 e.